The molecule has 1 N–H and O–H groups in total. The first-order valence-corrected chi connectivity index (χ1v) is 6.66. The van der Waals surface area contributed by atoms with Gasteiger partial charge in [-0.2, -0.15) is 11.8 Å². The van der Waals surface area contributed by atoms with E-state index in [4.69, 9.17) is 9.52 Å². The van der Waals surface area contributed by atoms with Crippen LogP contribution in [-0.4, -0.2) is 28.2 Å². The van der Waals surface area contributed by atoms with Crippen LogP contribution in [0.3, 0.4) is 0 Å². The van der Waals surface area contributed by atoms with Gasteiger partial charge in [0.15, 0.2) is 5.89 Å². The molecule has 1 aliphatic heterocycles. The Morgan fingerprint density at radius 1 is 1.47 bits per heavy atom. The van der Waals surface area contributed by atoms with E-state index in [0.29, 0.717) is 6.42 Å². The van der Waals surface area contributed by atoms with Crippen molar-refractivity contribution in [1.29, 1.82) is 0 Å². The maximum absolute atomic E-state index is 8.76. The summed E-state index contributed by atoms with van der Waals surface area (Å²) < 4.78 is 5.55. The van der Waals surface area contributed by atoms with Crippen molar-refractivity contribution in [3.63, 3.8) is 0 Å². The highest BCUT2D eigenvalue weighted by atomic mass is 32.2. The van der Waals surface area contributed by atoms with Crippen molar-refractivity contribution in [2.75, 3.05) is 18.1 Å². The average Bonchev–Trinajstić information content (AvgIpc) is 2.68. The molecular formula is C11H17NO2S. The molecule has 4 heteroatoms. The lowest BCUT2D eigenvalue weighted by molar-refractivity contribution is 0.284. The van der Waals surface area contributed by atoms with Crippen molar-refractivity contribution in [1.82, 2.24) is 4.98 Å². The van der Waals surface area contributed by atoms with E-state index in [1.54, 1.807) is 6.20 Å². The lowest BCUT2D eigenvalue weighted by atomic mass is 9.99. The van der Waals surface area contributed by atoms with Gasteiger partial charge in [0, 0.05) is 12.8 Å². The molecule has 2 heterocycles. The van der Waals surface area contributed by atoms with Crippen molar-refractivity contribution < 1.29 is 9.52 Å². The van der Waals surface area contributed by atoms with Crippen molar-refractivity contribution >= 4 is 11.8 Å². The SMILES string of the molecule is OCCc1cnc(CC2CCSCC2)o1. The molecule has 1 saturated heterocycles. The lowest BCUT2D eigenvalue weighted by Crippen LogP contribution is -2.12. The highest BCUT2D eigenvalue weighted by Gasteiger charge is 2.16. The first kappa shape index (κ1) is 11.0. The van der Waals surface area contributed by atoms with Crippen LogP contribution in [-0.2, 0) is 12.8 Å². The molecule has 1 fully saturated rings. The van der Waals surface area contributed by atoms with E-state index in [0.717, 1.165) is 24.0 Å². The quantitative estimate of drug-likeness (QED) is 0.853. The second kappa shape index (κ2) is 5.56. The van der Waals surface area contributed by atoms with Gasteiger partial charge in [0.25, 0.3) is 0 Å². The van der Waals surface area contributed by atoms with E-state index >= 15 is 0 Å². The largest absolute Gasteiger partial charge is 0.446 e. The third-order valence-corrected chi connectivity index (χ3v) is 3.81. The first-order chi connectivity index (χ1) is 7.38. The number of aliphatic hydroxyl groups is 1. The van der Waals surface area contributed by atoms with Crippen LogP contribution < -0.4 is 0 Å². The van der Waals surface area contributed by atoms with Crippen LogP contribution >= 0.6 is 11.8 Å². The number of thioether (sulfide) groups is 1. The average molecular weight is 227 g/mol. The summed E-state index contributed by atoms with van der Waals surface area (Å²) in [6, 6.07) is 0. The summed E-state index contributed by atoms with van der Waals surface area (Å²) in [6.07, 6.45) is 5.84. The Morgan fingerprint density at radius 2 is 2.27 bits per heavy atom. The van der Waals surface area contributed by atoms with Crippen LogP contribution in [0.15, 0.2) is 10.6 Å². The molecule has 1 aliphatic rings. The molecule has 0 spiro atoms. The number of oxazole rings is 1. The Labute approximate surface area is 94.3 Å². The number of aromatic nitrogens is 1. The van der Waals surface area contributed by atoms with Gasteiger partial charge in [-0.15, -0.1) is 0 Å². The normalized spacial score (nSPS) is 18.2. The Kier molecular flexibility index (Phi) is 4.09. The summed E-state index contributed by atoms with van der Waals surface area (Å²) in [5, 5.41) is 8.76. The minimum atomic E-state index is 0.134. The summed E-state index contributed by atoms with van der Waals surface area (Å²) >= 11 is 2.04. The van der Waals surface area contributed by atoms with Crippen molar-refractivity contribution in [2.24, 2.45) is 5.92 Å². The van der Waals surface area contributed by atoms with Gasteiger partial charge < -0.3 is 9.52 Å². The van der Waals surface area contributed by atoms with Gasteiger partial charge in [0.05, 0.1) is 12.8 Å². The summed E-state index contributed by atoms with van der Waals surface area (Å²) in [7, 11) is 0. The summed E-state index contributed by atoms with van der Waals surface area (Å²) in [4.78, 5) is 4.24. The van der Waals surface area contributed by atoms with E-state index in [-0.39, 0.29) is 6.61 Å². The number of hydrogen-bond donors (Lipinski definition) is 1. The summed E-state index contributed by atoms with van der Waals surface area (Å²) in [6.45, 7) is 0.134. The monoisotopic (exact) mass is 227 g/mol. The molecule has 84 valence electrons. The zero-order valence-electron chi connectivity index (χ0n) is 8.82. The van der Waals surface area contributed by atoms with Gasteiger partial charge in [0.2, 0.25) is 0 Å². The highest BCUT2D eigenvalue weighted by Crippen LogP contribution is 2.25. The second-order valence-electron chi connectivity index (χ2n) is 3.95. The Bertz CT molecular complexity index is 295. The Morgan fingerprint density at radius 3 is 3.00 bits per heavy atom. The molecule has 3 nitrogen and oxygen atoms in total. The van der Waals surface area contributed by atoms with Gasteiger partial charge in [-0.3, -0.25) is 0 Å². The van der Waals surface area contributed by atoms with Crippen LogP contribution in [0.4, 0.5) is 0 Å². The molecule has 0 bridgehead atoms. The molecule has 0 amide bonds. The lowest BCUT2D eigenvalue weighted by Gasteiger charge is -2.19. The fourth-order valence-electron chi connectivity index (χ4n) is 1.87. The Balaban J connectivity index is 1.86. The van der Waals surface area contributed by atoms with Gasteiger partial charge in [-0.1, -0.05) is 0 Å². The van der Waals surface area contributed by atoms with Crippen LogP contribution in [0.2, 0.25) is 0 Å². The van der Waals surface area contributed by atoms with Gasteiger partial charge in [-0.05, 0) is 30.3 Å². The first-order valence-electron chi connectivity index (χ1n) is 5.50. The number of hydrogen-bond acceptors (Lipinski definition) is 4. The van der Waals surface area contributed by atoms with Crippen LogP contribution in [0.1, 0.15) is 24.5 Å². The molecule has 1 aromatic heterocycles. The van der Waals surface area contributed by atoms with E-state index in [1.165, 1.54) is 24.3 Å². The number of rotatable bonds is 4. The molecule has 0 radical (unpaired) electrons. The van der Waals surface area contributed by atoms with Crippen molar-refractivity contribution in [3.05, 3.63) is 17.8 Å². The predicted molar refractivity (Wildman–Crippen MR) is 61.0 cm³/mol. The van der Waals surface area contributed by atoms with Crippen molar-refractivity contribution in [2.45, 2.75) is 25.7 Å². The summed E-state index contributed by atoms with van der Waals surface area (Å²) in [5.41, 5.74) is 0. The Hall–Kier alpha value is -0.480. The molecule has 0 aliphatic carbocycles. The topological polar surface area (TPSA) is 46.3 Å². The minimum absolute atomic E-state index is 0.134. The van der Waals surface area contributed by atoms with E-state index < -0.39 is 0 Å². The van der Waals surface area contributed by atoms with E-state index in [9.17, 15) is 0 Å². The molecule has 1 aromatic rings. The molecule has 0 saturated carbocycles. The molecular weight excluding hydrogens is 210 g/mol. The fraction of sp³-hybridized carbons (Fsp3) is 0.727. The third kappa shape index (κ3) is 3.24. The molecule has 0 atom stereocenters. The zero-order chi connectivity index (χ0) is 10.5. The maximum atomic E-state index is 8.76. The number of aliphatic hydroxyl groups excluding tert-OH is 1. The minimum Gasteiger partial charge on any atom is -0.446 e. The zero-order valence-corrected chi connectivity index (χ0v) is 9.63. The standard InChI is InChI=1S/C11H17NO2S/c13-4-1-10-8-12-11(14-10)7-9-2-5-15-6-3-9/h8-9,13H,1-7H2. The third-order valence-electron chi connectivity index (χ3n) is 2.76. The summed E-state index contributed by atoms with van der Waals surface area (Å²) in [5.74, 6) is 4.93. The number of nitrogens with zero attached hydrogens (tertiary/aromatic N) is 1. The van der Waals surface area contributed by atoms with Gasteiger partial charge in [0.1, 0.15) is 5.76 Å². The fourth-order valence-corrected chi connectivity index (χ4v) is 3.07. The van der Waals surface area contributed by atoms with Gasteiger partial charge in [-0.25, -0.2) is 4.98 Å². The predicted octanol–water partition coefficient (Wildman–Crippen LogP) is 1.90. The van der Waals surface area contributed by atoms with Gasteiger partial charge >= 0.3 is 0 Å². The molecule has 0 aromatic carbocycles. The molecule has 2 rings (SSSR count). The second-order valence-corrected chi connectivity index (χ2v) is 5.18. The highest BCUT2D eigenvalue weighted by molar-refractivity contribution is 7.99. The molecule has 15 heavy (non-hydrogen) atoms. The van der Waals surface area contributed by atoms with Crippen LogP contribution in [0.25, 0.3) is 0 Å². The van der Waals surface area contributed by atoms with Crippen molar-refractivity contribution in [3.8, 4) is 0 Å². The van der Waals surface area contributed by atoms with E-state index in [1.807, 2.05) is 11.8 Å². The van der Waals surface area contributed by atoms with Crippen LogP contribution in [0, 0.1) is 5.92 Å². The smallest absolute Gasteiger partial charge is 0.194 e. The van der Waals surface area contributed by atoms with Crippen LogP contribution in [0.5, 0.6) is 0 Å². The molecule has 0 unspecified atom stereocenters. The van der Waals surface area contributed by atoms with E-state index in [2.05, 4.69) is 4.98 Å². The maximum Gasteiger partial charge on any atom is 0.194 e.